The number of urea groups is 1. The van der Waals surface area contributed by atoms with E-state index in [0.29, 0.717) is 11.4 Å². The second kappa shape index (κ2) is 17.3. The van der Waals surface area contributed by atoms with Gasteiger partial charge in [-0.1, -0.05) is 84.1 Å². The standard InChI is InChI=1S/C26H45N3O3/c1-5-7-9-11-13-15-20-29(21-16-14-12-10-8-6-2)26(31)32-24-19-17-18-23(22-24)27-25(30)28(3)4/h17-19,22H,5-16,20-21H2,1-4H3,(H,27,30). The van der Waals surface area contributed by atoms with E-state index in [0.717, 1.165) is 38.8 Å². The summed E-state index contributed by atoms with van der Waals surface area (Å²) in [5.74, 6) is 0.447. The van der Waals surface area contributed by atoms with E-state index in [1.807, 2.05) is 4.90 Å². The normalized spacial score (nSPS) is 10.6. The molecule has 6 nitrogen and oxygen atoms in total. The fourth-order valence-corrected chi connectivity index (χ4v) is 3.50. The third kappa shape index (κ3) is 12.6. The minimum absolute atomic E-state index is 0.221. The minimum atomic E-state index is -0.303. The Morgan fingerprint density at radius 2 is 1.34 bits per heavy atom. The van der Waals surface area contributed by atoms with Gasteiger partial charge in [0, 0.05) is 38.9 Å². The lowest BCUT2D eigenvalue weighted by atomic mass is 10.1. The van der Waals surface area contributed by atoms with Crippen molar-refractivity contribution >= 4 is 17.8 Å². The lowest BCUT2D eigenvalue weighted by molar-refractivity contribution is 0.150. The third-order valence-corrected chi connectivity index (χ3v) is 5.52. The zero-order chi connectivity index (χ0) is 23.6. The molecular weight excluding hydrogens is 402 g/mol. The summed E-state index contributed by atoms with van der Waals surface area (Å²) in [5, 5.41) is 2.78. The van der Waals surface area contributed by atoms with E-state index in [1.54, 1.807) is 38.4 Å². The number of ether oxygens (including phenoxy) is 1. The van der Waals surface area contributed by atoms with Gasteiger partial charge in [0.25, 0.3) is 0 Å². The molecule has 0 aliphatic heterocycles. The van der Waals surface area contributed by atoms with Crippen molar-refractivity contribution in [2.45, 2.75) is 90.9 Å². The number of hydrogen-bond donors (Lipinski definition) is 1. The van der Waals surface area contributed by atoms with Gasteiger partial charge in [0.05, 0.1) is 0 Å². The van der Waals surface area contributed by atoms with Gasteiger partial charge in [0.15, 0.2) is 0 Å². The van der Waals surface area contributed by atoms with Gasteiger partial charge in [-0.05, 0) is 25.0 Å². The predicted octanol–water partition coefficient (Wildman–Crippen LogP) is 7.30. The molecular formula is C26H45N3O3. The quantitative estimate of drug-likeness (QED) is 0.270. The Morgan fingerprint density at radius 1 is 0.812 bits per heavy atom. The fourth-order valence-electron chi connectivity index (χ4n) is 3.50. The van der Waals surface area contributed by atoms with Crippen molar-refractivity contribution in [2.24, 2.45) is 0 Å². The summed E-state index contributed by atoms with van der Waals surface area (Å²) in [6.45, 7) is 5.91. The molecule has 1 rings (SSSR count). The second-order valence-corrected chi connectivity index (χ2v) is 8.74. The molecule has 0 bridgehead atoms. The lowest BCUT2D eigenvalue weighted by Crippen LogP contribution is -2.35. The van der Waals surface area contributed by atoms with Gasteiger partial charge >= 0.3 is 12.1 Å². The first-order valence-electron chi connectivity index (χ1n) is 12.5. The van der Waals surface area contributed by atoms with Crippen LogP contribution in [0.4, 0.5) is 15.3 Å². The van der Waals surface area contributed by atoms with Gasteiger partial charge in [-0.3, -0.25) is 0 Å². The molecule has 0 aliphatic rings. The Labute approximate surface area is 195 Å². The van der Waals surface area contributed by atoms with Crippen LogP contribution in [-0.4, -0.2) is 49.1 Å². The molecule has 0 saturated heterocycles. The summed E-state index contributed by atoms with van der Waals surface area (Å²) >= 11 is 0. The first-order valence-corrected chi connectivity index (χ1v) is 12.5. The van der Waals surface area contributed by atoms with Crippen LogP contribution in [0.5, 0.6) is 5.75 Å². The van der Waals surface area contributed by atoms with E-state index in [-0.39, 0.29) is 12.1 Å². The number of rotatable bonds is 16. The molecule has 0 saturated carbocycles. The molecule has 0 spiro atoms. The number of anilines is 1. The Bertz CT molecular complexity index is 633. The first-order chi connectivity index (χ1) is 15.5. The molecule has 0 fully saturated rings. The monoisotopic (exact) mass is 447 g/mol. The number of nitrogens with one attached hydrogen (secondary N) is 1. The van der Waals surface area contributed by atoms with E-state index >= 15 is 0 Å². The van der Waals surface area contributed by atoms with Crippen molar-refractivity contribution < 1.29 is 14.3 Å². The van der Waals surface area contributed by atoms with Gasteiger partial charge in [-0.2, -0.15) is 0 Å². The predicted molar refractivity (Wildman–Crippen MR) is 133 cm³/mol. The van der Waals surface area contributed by atoms with E-state index in [4.69, 9.17) is 4.74 Å². The number of nitrogens with zero attached hydrogens (tertiary/aromatic N) is 2. The molecule has 1 aromatic rings. The van der Waals surface area contributed by atoms with Gasteiger partial charge in [0.1, 0.15) is 5.75 Å². The number of carbonyl (C=O) groups is 2. The molecule has 1 N–H and O–H groups in total. The largest absolute Gasteiger partial charge is 0.415 e. The van der Waals surface area contributed by atoms with Crippen LogP contribution in [0.15, 0.2) is 24.3 Å². The molecule has 0 atom stereocenters. The topological polar surface area (TPSA) is 61.9 Å². The fraction of sp³-hybridized carbons (Fsp3) is 0.692. The molecule has 32 heavy (non-hydrogen) atoms. The maximum atomic E-state index is 12.9. The maximum absolute atomic E-state index is 12.9. The highest BCUT2D eigenvalue weighted by atomic mass is 16.6. The number of carbonyl (C=O) groups excluding carboxylic acids is 2. The van der Waals surface area contributed by atoms with Crippen LogP contribution in [0.2, 0.25) is 0 Å². The molecule has 182 valence electrons. The zero-order valence-electron chi connectivity index (χ0n) is 20.8. The summed E-state index contributed by atoms with van der Waals surface area (Å²) in [6.07, 6.45) is 14.0. The van der Waals surface area contributed by atoms with Crippen molar-refractivity contribution in [1.82, 2.24) is 9.80 Å². The van der Waals surface area contributed by atoms with Crippen LogP contribution in [0.1, 0.15) is 90.9 Å². The van der Waals surface area contributed by atoms with Crippen molar-refractivity contribution in [2.75, 3.05) is 32.5 Å². The molecule has 0 unspecified atom stereocenters. The molecule has 6 heteroatoms. The summed E-state index contributed by atoms with van der Waals surface area (Å²) in [6, 6.07) is 6.77. The number of unbranched alkanes of at least 4 members (excludes halogenated alkanes) is 10. The number of benzene rings is 1. The van der Waals surface area contributed by atoms with Crippen molar-refractivity contribution in [3.63, 3.8) is 0 Å². The van der Waals surface area contributed by atoms with E-state index in [2.05, 4.69) is 19.2 Å². The smallest absolute Gasteiger partial charge is 0.410 e. The Balaban J connectivity index is 2.60. The SMILES string of the molecule is CCCCCCCCN(CCCCCCCC)C(=O)Oc1cccc(NC(=O)N(C)C)c1. The highest BCUT2D eigenvalue weighted by Crippen LogP contribution is 2.19. The van der Waals surface area contributed by atoms with Gasteiger partial charge in [-0.15, -0.1) is 0 Å². The average molecular weight is 448 g/mol. The molecule has 0 radical (unpaired) electrons. The summed E-state index contributed by atoms with van der Waals surface area (Å²) in [7, 11) is 3.36. The van der Waals surface area contributed by atoms with Crippen molar-refractivity contribution in [1.29, 1.82) is 0 Å². The zero-order valence-corrected chi connectivity index (χ0v) is 20.8. The second-order valence-electron chi connectivity index (χ2n) is 8.74. The number of amides is 3. The highest BCUT2D eigenvalue weighted by Gasteiger charge is 2.16. The van der Waals surface area contributed by atoms with Crippen LogP contribution in [-0.2, 0) is 0 Å². The molecule has 0 heterocycles. The van der Waals surface area contributed by atoms with E-state index < -0.39 is 0 Å². The Kier molecular flexibility index (Phi) is 15.1. The third-order valence-electron chi connectivity index (χ3n) is 5.52. The molecule has 0 aromatic heterocycles. The van der Waals surface area contributed by atoms with E-state index in [9.17, 15) is 9.59 Å². The lowest BCUT2D eigenvalue weighted by Gasteiger charge is -2.22. The summed E-state index contributed by atoms with van der Waals surface area (Å²) in [4.78, 5) is 28.1. The first kappa shape index (κ1) is 27.8. The van der Waals surface area contributed by atoms with Crippen molar-refractivity contribution in [3.05, 3.63) is 24.3 Å². The minimum Gasteiger partial charge on any atom is -0.410 e. The molecule has 3 amide bonds. The summed E-state index contributed by atoms with van der Waals surface area (Å²) < 4.78 is 5.67. The maximum Gasteiger partial charge on any atom is 0.415 e. The van der Waals surface area contributed by atoms with Crippen LogP contribution < -0.4 is 10.1 Å². The number of hydrogen-bond acceptors (Lipinski definition) is 3. The van der Waals surface area contributed by atoms with Crippen molar-refractivity contribution in [3.8, 4) is 5.75 Å². The van der Waals surface area contributed by atoms with Crippen LogP contribution in [0.25, 0.3) is 0 Å². The highest BCUT2D eigenvalue weighted by molar-refractivity contribution is 5.89. The molecule has 1 aromatic carbocycles. The van der Waals surface area contributed by atoms with Gasteiger partial charge < -0.3 is 19.9 Å². The van der Waals surface area contributed by atoms with Gasteiger partial charge in [0.2, 0.25) is 0 Å². The Hall–Kier alpha value is -2.24. The Morgan fingerprint density at radius 3 is 1.88 bits per heavy atom. The van der Waals surface area contributed by atoms with Gasteiger partial charge in [-0.25, -0.2) is 9.59 Å². The van der Waals surface area contributed by atoms with Crippen LogP contribution >= 0.6 is 0 Å². The van der Waals surface area contributed by atoms with E-state index in [1.165, 1.54) is 56.3 Å². The van der Waals surface area contributed by atoms with Crippen LogP contribution in [0, 0.1) is 0 Å². The molecule has 0 aliphatic carbocycles. The average Bonchev–Trinajstić information content (AvgIpc) is 2.77. The van der Waals surface area contributed by atoms with Crippen LogP contribution in [0.3, 0.4) is 0 Å². The summed E-state index contributed by atoms with van der Waals surface area (Å²) in [5.41, 5.74) is 0.604.